The monoisotopic (exact) mass is 527 g/mol. The van der Waals surface area contributed by atoms with E-state index in [2.05, 4.69) is 130 Å². The molecule has 0 spiro atoms. The Bertz CT molecular complexity index is 1130. The standard InChI is InChI=1S/C13H11.2C10H15.Zr/c1-3-7-12(8-4-1)11-13-9-5-2-6-10-13;2*1-7-6-10(4,5)9(3)8(7)2;/h1-11H;2*1-5H3;. The maximum absolute atomic E-state index is 2.60. The van der Waals surface area contributed by atoms with Gasteiger partial charge < -0.3 is 0 Å². The van der Waals surface area contributed by atoms with Crippen LogP contribution in [0.2, 0.25) is 0 Å². The molecule has 2 aromatic rings. The molecule has 4 rings (SSSR count). The van der Waals surface area contributed by atoms with Gasteiger partial charge in [0.15, 0.2) is 0 Å². The second kappa shape index (κ2) is 9.06. The third-order valence-electron chi connectivity index (χ3n) is 9.22. The first-order chi connectivity index (χ1) is 15.9. The Morgan fingerprint density at radius 3 is 1.09 bits per heavy atom. The van der Waals surface area contributed by atoms with E-state index in [0.717, 1.165) is 0 Å². The van der Waals surface area contributed by atoms with Crippen LogP contribution in [-0.4, -0.2) is 0 Å². The molecule has 34 heavy (non-hydrogen) atoms. The van der Waals surface area contributed by atoms with Gasteiger partial charge in [0.05, 0.1) is 0 Å². The Hall–Kier alpha value is -1.72. The summed E-state index contributed by atoms with van der Waals surface area (Å²) in [5.41, 5.74) is 12.5. The van der Waals surface area contributed by atoms with E-state index >= 15 is 0 Å². The molecular weight excluding hydrogens is 488 g/mol. The zero-order chi connectivity index (χ0) is 25.0. The molecule has 2 aliphatic rings. The van der Waals surface area contributed by atoms with E-state index in [-0.39, 0.29) is 10.8 Å². The van der Waals surface area contributed by atoms with Crippen molar-refractivity contribution in [3.8, 4) is 0 Å². The summed E-state index contributed by atoms with van der Waals surface area (Å²) in [7, 11) is 0. The van der Waals surface area contributed by atoms with Gasteiger partial charge >= 0.3 is 217 Å². The summed E-state index contributed by atoms with van der Waals surface area (Å²) in [5, 5.41) is 0. The molecule has 2 aliphatic carbocycles. The third kappa shape index (κ3) is 3.84. The van der Waals surface area contributed by atoms with Crippen LogP contribution in [0.4, 0.5) is 0 Å². The van der Waals surface area contributed by atoms with Crippen molar-refractivity contribution in [1.82, 2.24) is 0 Å². The van der Waals surface area contributed by atoms with Crippen LogP contribution in [0.15, 0.2) is 101 Å². The molecule has 0 aliphatic heterocycles. The van der Waals surface area contributed by atoms with Crippen molar-refractivity contribution in [2.45, 2.75) is 72.9 Å². The Morgan fingerprint density at radius 2 is 0.824 bits per heavy atom. The summed E-state index contributed by atoms with van der Waals surface area (Å²) in [6.45, 7) is 24.3. The van der Waals surface area contributed by atoms with Crippen molar-refractivity contribution in [3.05, 3.63) is 112 Å². The average molecular weight is 529 g/mol. The van der Waals surface area contributed by atoms with Crippen molar-refractivity contribution < 1.29 is 21.8 Å². The normalized spacial score (nSPS) is 19.7. The maximum atomic E-state index is 2.50. The van der Waals surface area contributed by atoms with Crippen molar-refractivity contribution in [2.75, 3.05) is 0 Å². The summed E-state index contributed by atoms with van der Waals surface area (Å²) in [6.07, 6.45) is 0. The number of benzene rings is 2. The van der Waals surface area contributed by atoms with Gasteiger partial charge in [0.1, 0.15) is 0 Å². The minimum atomic E-state index is -2.60. The SMILES string of the molecule is CC1=C(C)C(C)(C)[C]([Zr]([C]2=C(C)C(C)=C(C)C2(C)C)[CH](c2ccccc2)c2ccccc2)=C1C. The number of hydrogen-bond donors (Lipinski definition) is 0. The van der Waals surface area contributed by atoms with Gasteiger partial charge in [-0.25, -0.2) is 0 Å². The van der Waals surface area contributed by atoms with Crippen LogP contribution >= 0.6 is 0 Å². The molecule has 0 bridgehead atoms. The van der Waals surface area contributed by atoms with Crippen LogP contribution in [0.3, 0.4) is 0 Å². The molecule has 0 fully saturated rings. The number of allylic oxidation sites excluding steroid dienone is 8. The van der Waals surface area contributed by atoms with Gasteiger partial charge in [-0.05, 0) is 0 Å². The van der Waals surface area contributed by atoms with E-state index in [1.54, 1.807) is 28.9 Å². The summed E-state index contributed by atoms with van der Waals surface area (Å²) in [5.74, 6) is 0. The molecule has 177 valence electrons. The topological polar surface area (TPSA) is 0 Å². The zero-order valence-electron chi connectivity index (χ0n) is 22.9. The summed E-state index contributed by atoms with van der Waals surface area (Å²) in [6, 6.07) is 22.8. The van der Waals surface area contributed by atoms with Gasteiger partial charge in [-0.2, -0.15) is 0 Å². The van der Waals surface area contributed by atoms with Crippen LogP contribution < -0.4 is 0 Å². The molecule has 0 nitrogen and oxygen atoms in total. The molecule has 0 heterocycles. The molecule has 0 saturated carbocycles. The van der Waals surface area contributed by atoms with Crippen LogP contribution in [0, 0.1) is 10.8 Å². The minimum absolute atomic E-state index is 0.110. The van der Waals surface area contributed by atoms with Gasteiger partial charge in [-0.15, -0.1) is 0 Å². The molecular formula is C33H41Zr. The second-order valence-electron chi connectivity index (χ2n) is 11.4. The first-order valence-electron chi connectivity index (χ1n) is 12.7. The van der Waals surface area contributed by atoms with Crippen LogP contribution in [0.1, 0.15) is 84.0 Å². The van der Waals surface area contributed by atoms with Crippen molar-refractivity contribution in [2.24, 2.45) is 10.8 Å². The van der Waals surface area contributed by atoms with Crippen LogP contribution in [-0.2, 0) is 21.8 Å². The average Bonchev–Trinajstić information content (AvgIpc) is 3.06. The van der Waals surface area contributed by atoms with Crippen molar-refractivity contribution in [1.29, 1.82) is 0 Å². The third-order valence-corrected chi connectivity index (χ3v) is 19.8. The predicted octanol–water partition coefficient (Wildman–Crippen LogP) is 9.69. The molecule has 0 saturated heterocycles. The Balaban J connectivity index is 2.09. The quantitative estimate of drug-likeness (QED) is 0.362. The molecule has 0 radical (unpaired) electrons. The Morgan fingerprint density at radius 1 is 0.500 bits per heavy atom. The van der Waals surface area contributed by atoms with E-state index in [1.165, 1.54) is 22.3 Å². The number of hydrogen-bond acceptors (Lipinski definition) is 0. The Kier molecular flexibility index (Phi) is 6.76. The van der Waals surface area contributed by atoms with E-state index in [9.17, 15) is 0 Å². The fourth-order valence-electron chi connectivity index (χ4n) is 6.50. The molecule has 0 atom stereocenters. The Labute approximate surface area is 216 Å². The summed E-state index contributed by atoms with van der Waals surface area (Å²) >= 11 is -2.60. The van der Waals surface area contributed by atoms with Gasteiger partial charge in [0.25, 0.3) is 0 Å². The van der Waals surface area contributed by atoms with Gasteiger partial charge in [-0.3, -0.25) is 0 Å². The fraction of sp³-hybridized carbons (Fsp3) is 0.394. The fourth-order valence-corrected chi connectivity index (χ4v) is 18.3. The summed E-state index contributed by atoms with van der Waals surface area (Å²) in [4.78, 5) is 0. The molecule has 0 unspecified atom stereocenters. The van der Waals surface area contributed by atoms with E-state index in [1.807, 2.05) is 0 Å². The van der Waals surface area contributed by atoms with E-state index in [0.29, 0.717) is 3.63 Å². The first-order valence-corrected chi connectivity index (χ1v) is 16.6. The van der Waals surface area contributed by atoms with Crippen molar-refractivity contribution >= 4 is 0 Å². The molecule has 0 aromatic heterocycles. The zero-order valence-corrected chi connectivity index (χ0v) is 25.3. The predicted molar refractivity (Wildman–Crippen MR) is 144 cm³/mol. The van der Waals surface area contributed by atoms with Gasteiger partial charge in [-0.1, -0.05) is 0 Å². The molecule has 2 aromatic carbocycles. The van der Waals surface area contributed by atoms with Gasteiger partial charge in [0.2, 0.25) is 0 Å². The summed E-state index contributed by atoms with van der Waals surface area (Å²) < 4.78 is 4.05. The van der Waals surface area contributed by atoms with E-state index < -0.39 is 21.8 Å². The van der Waals surface area contributed by atoms with Crippen LogP contribution in [0.5, 0.6) is 0 Å². The van der Waals surface area contributed by atoms with Crippen molar-refractivity contribution in [3.63, 3.8) is 0 Å². The second-order valence-corrected chi connectivity index (χ2v) is 17.3. The number of rotatable bonds is 5. The first kappa shape index (κ1) is 25.4. The van der Waals surface area contributed by atoms with E-state index in [4.69, 9.17) is 0 Å². The molecule has 0 amide bonds. The van der Waals surface area contributed by atoms with Gasteiger partial charge in [0, 0.05) is 0 Å². The molecule has 1 heteroatoms. The van der Waals surface area contributed by atoms with Crippen LogP contribution in [0.25, 0.3) is 0 Å². The molecule has 0 N–H and O–H groups in total.